The van der Waals surface area contributed by atoms with Crippen LogP contribution in [0.25, 0.3) is 11.0 Å². The van der Waals surface area contributed by atoms with Crippen LogP contribution in [0.3, 0.4) is 0 Å². The molecule has 0 aliphatic carbocycles. The van der Waals surface area contributed by atoms with E-state index < -0.39 is 5.63 Å². The first kappa shape index (κ1) is 8.81. The van der Waals surface area contributed by atoms with Crippen molar-refractivity contribution in [3.05, 3.63) is 39.7 Å². The van der Waals surface area contributed by atoms with Crippen LogP contribution >= 0.6 is 0 Å². The lowest BCUT2D eigenvalue weighted by molar-refractivity contribution is 0.474. The predicted molar refractivity (Wildman–Crippen MR) is 53.6 cm³/mol. The standard InChI is InChI=1S/C11H10O3/c1-6-5-7(2)11-8(10(6)13)3-4-9(12)14-11/h3-5,13H,1-2H3. The number of phenolic OH excluding ortho intramolecular Hbond substituents is 1. The second-order valence-corrected chi connectivity index (χ2v) is 3.36. The SMILES string of the molecule is Cc1cc(C)c2oc(=O)ccc2c1O. The van der Waals surface area contributed by atoms with Crippen molar-refractivity contribution in [2.75, 3.05) is 0 Å². The highest BCUT2D eigenvalue weighted by atomic mass is 16.4. The molecule has 0 saturated carbocycles. The zero-order valence-electron chi connectivity index (χ0n) is 8.00. The van der Waals surface area contributed by atoms with Gasteiger partial charge < -0.3 is 9.52 Å². The molecule has 2 aromatic rings. The van der Waals surface area contributed by atoms with Crippen LogP contribution in [0.4, 0.5) is 0 Å². The Morgan fingerprint density at radius 3 is 2.64 bits per heavy atom. The molecule has 14 heavy (non-hydrogen) atoms. The summed E-state index contributed by atoms with van der Waals surface area (Å²) in [5.74, 6) is 0.175. The number of hydrogen-bond donors (Lipinski definition) is 1. The zero-order chi connectivity index (χ0) is 10.3. The third-order valence-electron chi connectivity index (χ3n) is 2.25. The van der Waals surface area contributed by atoms with Crippen molar-refractivity contribution in [3.8, 4) is 5.75 Å². The van der Waals surface area contributed by atoms with Crippen LogP contribution in [-0.4, -0.2) is 5.11 Å². The Bertz CT molecular complexity index is 552. The third-order valence-corrected chi connectivity index (χ3v) is 2.25. The van der Waals surface area contributed by atoms with Crippen molar-refractivity contribution >= 4 is 11.0 Å². The first-order valence-electron chi connectivity index (χ1n) is 4.32. The molecule has 0 aliphatic heterocycles. The molecule has 0 saturated heterocycles. The number of aryl methyl sites for hydroxylation is 2. The molecule has 1 aromatic heterocycles. The van der Waals surface area contributed by atoms with Crippen LogP contribution in [0.15, 0.2) is 27.4 Å². The molecular formula is C11H10O3. The molecule has 0 aliphatic rings. The molecule has 1 aromatic carbocycles. The molecule has 3 heteroatoms. The van der Waals surface area contributed by atoms with Gasteiger partial charge in [-0.1, -0.05) is 0 Å². The number of hydrogen-bond acceptors (Lipinski definition) is 3. The summed E-state index contributed by atoms with van der Waals surface area (Å²) < 4.78 is 5.01. The topological polar surface area (TPSA) is 50.4 Å². The van der Waals surface area contributed by atoms with E-state index in [0.29, 0.717) is 11.0 Å². The molecule has 0 spiro atoms. The Hall–Kier alpha value is -1.77. The Morgan fingerprint density at radius 1 is 1.21 bits per heavy atom. The van der Waals surface area contributed by atoms with Crippen LogP contribution < -0.4 is 5.63 Å². The molecule has 3 nitrogen and oxygen atoms in total. The van der Waals surface area contributed by atoms with Crippen molar-refractivity contribution in [1.29, 1.82) is 0 Å². The van der Waals surface area contributed by atoms with Crippen molar-refractivity contribution in [3.63, 3.8) is 0 Å². The lowest BCUT2D eigenvalue weighted by Gasteiger charge is -2.05. The Balaban J connectivity index is 3.02. The van der Waals surface area contributed by atoms with Crippen molar-refractivity contribution in [1.82, 2.24) is 0 Å². The molecule has 2 rings (SSSR count). The quantitative estimate of drug-likeness (QED) is 0.647. The molecule has 0 fully saturated rings. The van der Waals surface area contributed by atoms with Crippen LogP contribution in [-0.2, 0) is 0 Å². The molecule has 0 atom stereocenters. The van der Waals surface area contributed by atoms with Gasteiger partial charge in [-0.25, -0.2) is 4.79 Å². The summed E-state index contributed by atoms with van der Waals surface area (Å²) >= 11 is 0. The van der Waals surface area contributed by atoms with Gasteiger partial charge in [-0.2, -0.15) is 0 Å². The van der Waals surface area contributed by atoms with Crippen LogP contribution in [0.5, 0.6) is 5.75 Å². The molecule has 0 unspecified atom stereocenters. The van der Waals surface area contributed by atoms with Gasteiger partial charge in [0, 0.05) is 6.07 Å². The van der Waals surface area contributed by atoms with Gasteiger partial charge in [-0.15, -0.1) is 0 Å². The number of rotatable bonds is 0. The van der Waals surface area contributed by atoms with E-state index in [2.05, 4.69) is 0 Å². The number of phenols is 1. The second kappa shape index (κ2) is 2.87. The van der Waals surface area contributed by atoms with Crippen molar-refractivity contribution in [2.24, 2.45) is 0 Å². The van der Waals surface area contributed by atoms with Crippen molar-refractivity contribution < 1.29 is 9.52 Å². The van der Waals surface area contributed by atoms with Gasteiger partial charge >= 0.3 is 5.63 Å². The maximum atomic E-state index is 11.0. The van der Waals surface area contributed by atoms with E-state index >= 15 is 0 Å². The van der Waals surface area contributed by atoms with Gasteiger partial charge in [-0.05, 0) is 37.1 Å². The zero-order valence-corrected chi connectivity index (χ0v) is 8.00. The van der Waals surface area contributed by atoms with Gasteiger partial charge in [0.2, 0.25) is 0 Å². The molecule has 1 heterocycles. The van der Waals surface area contributed by atoms with E-state index in [0.717, 1.165) is 11.1 Å². The highest BCUT2D eigenvalue weighted by molar-refractivity contribution is 5.86. The molecule has 0 radical (unpaired) electrons. The summed E-state index contributed by atoms with van der Waals surface area (Å²) in [5.41, 5.74) is 1.70. The van der Waals surface area contributed by atoms with Gasteiger partial charge in [0.1, 0.15) is 11.3 Å². The van der Waals surface area contributed by atoms with Gasteiger partial charge in [-0.3, -0.25) is 0 Å². The third kappa shape index (κ3) is 1.18. The molecule has 1 N–H and O–H groups in total. The first-order valence-corrected chi connectivity index (χ1v) is 4.32. The maximum absolute atomic E-state index is 11.0. The molecule has 72 valence electrons. The van der Waals surface area contributed by atoms with Crippen molar-refractivity contribution in [2.45, 2.75) is 13.8 Å². The highest BCUT2D eigenvalue weighted by Crippen LogP contribution is 2.29. The summed E-state index contributed by atoms with van der Waals surface area (Å²) in [4.78, 5) is 11.0. The maximum Gasteiger partial charge on any atom is 0.336 e. The monoisotopic (exact) mass is 190 g/mol. The van der Waals surface area contributed by atoms with Crippen LogP contribution in [0.1, 0.15) is 11.1 Å². The summed E-state index contributed by atoms with van der Waals surface area (Å²) in [7, 11) is 0. The number of benzene rings is 1. The normalized spacial score (nSPS) is 10.7. The predicted octanol–water partition coefficient (Wildman–Crippen LogP) is 2.12. The molecule has 0 bridgehead atoms. The average Bonchev–Trinajstić information content (AvgIpc) is 2.14. The Labute approximate surface area is 80.6 Å². The minimum Gasteiger partial charge on any atom is -0.507 e. The fourth-order valence-corrected chi connectivity index (χ4v) is 1.57. The lowest BCUT2D eigenvalue weighted by atomic mass is 10.1. The summed E-state index contributed by atoms with van der Waals surface area (Å²) in [6.45, 7) is 3.66. The van der Waals surface area contributed by atoms with E-state index in [4.69, 9.17) is 4.42 Å². The van der Waals surface area contributed by atoms with E-state index in [1.54, 1.807) is 12.1 Å². The van der Waals surface area contributed by atoms with Gasteiger partial charge in [0.15, 0.2) is 0 Å². The van der Waals surface area contributed by atoms with E-state index in [-0.39, 0.29) is 5.75 Å². The van der Waals surface area contributed by atoms with E-state index in [1.807, 2.05) is 13.8 Å². The highest BCUT2D eigenvalue weighted by Gasteiger charge is 2.08. The van der Waals surface area contributed by atoms with Gasteiger partial charge in [0.05, 0.1) is 5.39 Å². The Morgan fingerprint density at radius 2 is 1.93 bits per heavy atom. The van der Waals surface area contributed by atoms with Gasteiger partial charge in [0.25, 0.3) is 0 Å². The Kier molecular flexibility index (Phi) is 1.81. The fraction of sp³-hybridized carbons (Fsp3) is 0.182. The fourth-order valence-electron chi connectivity index (χ4n) is 1.57. The van der Waals surface area contributed by atoms with Crippen LogP contribution in [0.2, 0.25) is 0 Å². The number of fused-ring (bicyclic) bond motifs is 1. The van der Waals surface area contributed by atoms with Crippen LogP contribution in [0, 0.1) is 13.8 Å². The average molecular weight is 190 g/mol. The molecular weight excluding hydrogens is 180 g/mol. The molecule has 0 amide bonds. The number of aromatic hydroxyl groups is 1. The summed E-state index contributed by atoms with van der Waals surface area (Å²) in [6, 6.07) is 4.68. The minimum atomic E-state index is -0.399. The summed E-state index contributed by atoms with van der Waals surface area (Å²) in [6.07, 6.45) is 0. The lowest BCUT2D eigenvalue weighted by Crippen LogP contribution is -1.96. The second-order valence-electron chi connectivity index (χ2n) is 3.36. The largest absolute Gasteiger partial charge is 0.507 e. The van der Waals surface area contributed by atoms with E-state index in [1.165, 1.54) is 6.07 Å². The minimum absolute atomic E-state index is 0.175. The van der Waals surface area contributed by atoms with E-state index in [9.17, 15) is 9.90 Å². The smallest absolute Gasteiger partial charge is 0.336 e. The first-order chi connectivity index (χ1) is 6.59. The summed E-state index contributed by atoms with van der Waals surface area (Å²) in [5, 5.41) is 10.3.